The lowest BCUT2D eigenvalue weighted by Crippen LogP contribution is -2.36. The van der Waals surface area contributed by atoms with Gasteiger partial charge in [0.15, 0.2) is 0 Å². The van der Waals surface area contributed by atoms with Gasteiger partial charge in [0.25, 0.3) is 0 Å². The van der Waals surface area contributed by atoms with Crippen molar-refractivity contribution in [3.05, 3.63) is 12.7 Å². The first-order valence-electron chi connectivity index (χ1n) is 3.15. The summed E-state index contributed by atoms with van der Waals surface area (Å²) in [5.74, 6) is -0.225. The Kier molecular flexibility index (Phi) is 1.52. The highest BCUT2D eigenvalue weighted by atomic mass is 16.5. The fourth-order valence-corrected chi connectivity index (χ4v) is 1.02. The molecular formula is C7H11NO2. The van der Waals surface area contributed by atoms with E-state index < -0.39 is 5.54 Å². The first kappa shape index (κ1) is 7.28. The van der Waals surface area contributed by atoms with Gasteiger partial charge < -0.3 is 10.5 Å². The van der Waals surface area contributed by atoms with Crippen LogP contribution in [0.1, 0.15) is 6.42 Å². The Morgan fingerprint density at radius 1 is 2.00 bits per heavy atom. The van der Waals surface area contributed by atoms with Crippen LogP contribution in [0.3, 0.4) is 0 Å². The molecule has 2 N–H and O–H groups in total. The molecule has 0 radical (unpaired) electrons. The predicted molar refractivity (Wildman–Crippen MR) is 37.2 cm³/mol. The molecule has 0 bridgehead atoms. The average Bonchev–Trinajstić information content (AvgIpc) is 2.61. The smallest absolute Gasteiger partial charge is 0.326 e. The maximum Gasteiger partial charge on any atom is 0.326 e. The number of hydrogen-bond acceptors (Lipinski definition) is 3. The second-order valence-electron chi connectivity index (χ2n) is 2.58. The number of methoxy groups -OCH3 is 1. The number of esters is 1. The molecule has 1 aliphatic rings. The zero-order chi connectivity index (χ0) is 7.78. The van der Waals surface area contributed by atoms with Crippen molar-refractivity contribution in [1.29, 1.82) is 0 Å². The van der Waals surface area contributed by atoms with Crippen LogP contribution in [0.15, 0.2) is 12.7 Å². The standard InChI is InChI=1S/C7H11NO2/c1-3-5-4-7(5,8)6(9)10-2/h3,5H,1,4,8H2,2H3/t5?,7-/m1/s1. The summed E-state index contributed by atoms with van der Waals surface area (Å²) >= 11 is 0. The number of ether oxygens (including phenoxy) is 1. The van der Waals surface area contributed by atoms with Crippen molar-refractivity contribution < 1.29 is 9.53 Å². The third kappa shape index (κ3) is 0.827. The van der Waals surface area contributed by atoms with Crippen LogP contribution in [0.2, 0.25) is 0 Å². The molecule has 0 aromatic carbocycles. The van der Waals surface area contributed by atoms with Gasteiger partial charge in [-0.3, -0.25) is 4.79 Å². The zero-order valence-corrected chi connectivity index (χ0v) is 5.96. The largest absolute Gasteiger partial charge is 0.468 e. The number of carbonyl (C=O) groups is 1. The van der Waals surface area contributed by atoms with E-state index in [2.05, 4.69) is 11.3 Å². The fraction of sp³-hybridized carbons (Fsp3) is 0.571. The second kappa shape index (κ2) is 2.09. The zero-order valence-electron chi connectivity index (χ0n) is 5.96. The monoisotopic (exact) mass is 141 g/mol. The molecule has 0 aromatic rings. The maximum absolute atomic E-state index is 10.9. The molecule has 0 heterocycles. The third-order valence-corrected chi connectivity index (χ3v) is 1.91. The number of carbonyl (C=O) groups excluding carboxylic acids is 1. The fourth-order valence-electron chi connectivity index (χ4n) is 1.02. The quantitative estimate of drug-likeness (QED) is 0.437. The van der Waals surface area contributed by atoms with E-state index in [1.807, 2.05) is 0 Å². The molecule has 3 nitrogen and oxygen atoms in total. The van der Waals surface area contributed by atoms with Gasteiger partial charge >= 0.3 is 5.97 Å². The minimum absolute atomic E-state index is 0.111. The van der Waals surface area contributed by atoms with Crippen molar-refractivity contribution in [1.82, 2.24) is 0 Å². The molecule has 1 fully saturated rings. The van der Waals surface area contributed by atoms with Crippen LogP contribution in [0.4, 0.5) is 0 Å². The van der Waals surface area contributed by atoms with E-state index in [1.165, 1.54) is 7.11 Å². The van der Waals surface area contributed by atoms with Gasteiger partial charge in [-0.25, -0.2) is 0 Å². The minimum atomic E-state index is -0.753. The van der Waals surface area contributed by atoms with Crippen molar-refractivity contribution in [3.63, 3.8) is 0 Å². The molecule has 3 heteroatoms. The normalized spacial score (nSPS) is 36.8. The lowest BCUT2D eigenvalue weighted by atomic mass is 10.2. The lowest BCUT2D eigenvalue weighted by Gasteiger charge is -2.05. The number of nitrogens with two attached hydrogens (primary N) is 1. The van der Waals surface area contributed by atoms with E-state index in [9.17, 15) is 4.79 Å². The molecule has 10 heavy (non-hydrogen) atoms. The number of hydrogen-bond donors (Lipinski definition) is 1. The molecule has 0 aromatic heterocycles. The first-order valence-corrected chi connectivity index (χ1v) is 3.15. The summed E-state index contributed by atoms with van der Waals surface area (Å²) in [6.07, 6.45) is 2.36. The summed E-state index contributed by atoms with van der Waals surface area (Å²) in [5, 5.41) is 0. The molecular weight excluding hydrogens is 130 g/mol. The van der Waals surface area contributed by atoms with Gasteiger partial charge in [-0.2, -0.15) is 0 Å². The summed E-state index contributed by atoms with van der Waals surface area (Å²) in [4.78, 5) is 10.9. The third-order valence-electron chi connectivity index (χ3n) is 1.91. The van der Waals surface area contributed by atoms with Crippen LogP contribution in [0.25, 0.3) is 0 Å². The molecule has 0 spiro atoms. The Hall–Kier alpha value is -0.830. The van der Waals surface area contributed by atoms with Crippen molar-refractivity contribution in [2.24, 2.45) is 11.7 Å². The molecule has 1 aliphatic carbocycles. The van der Waals surface area contributed by atoms with E-state index in [0.29, 0.717) is 6.42 Å². The SMILES string of the molecule is C=CC1C[C@]1(N)C(=O)OC. The van der Waals surface area contributed by atoms with Crippen molar-refractivity contribution >= 4 is 5.97 Å². The second-order valence-corrected chi connectivity index (χ2v) is 2.58. The summed E-state index contributed by atoms with van der Waals surface area (Å²) in [5.41, 5.74) is 4.86. The van der Waals surface area contributed by atoms with Crippen LogP contribution in [0.5, 0.6) is 0 Å². The number of rotatable bonds is 2. The Balaban J connectivity index is 2.58. The Morgan fingerprint density at radius 3 is 2.90 bits per heavy atom. The first-order chi connectivity index (χ1) is 4.65. The van der Waals surface area contributed by atoms with Gasteiger partial charge in [-0.05, 0) is 6.42 Å². The highest BCUT2D eigenvalue weighted by molar-refractivity contribution is 5.85. The van der Waals surface area contributed by atoms with Crippen LogP contribution in [-0.2, 0) is 9.53 Å². The Morgan fingerprint density at radius 2 is 2.60 bits per heavy atom. The summed E-state index contributed by atoms with van der Waals surface area (Å²) in [6, 6.07) is 0. The molecule has 1 saturated carbocycles. The molecule has 56 valence electrons. The Labute approximate surface area is 59.8 Å². The summed E-state index contributed by atoms with van der Waals surface area (Å²) in [6.45, 7) is 3.55. The minimum Gasteiger partial charge on any atom is -0.468 e. The molecule has 0 saturated heterocycles. The van der Waals surface area contributed by atoms with Gasteiger partial charge in [0, 0.05) is 5.92 Å². The molecule has 0 aliphatic heterocycles. The van der Waals surface area contributed by atoms with Crippen molar-refractivity contribution in [2.45, 2.75) is 12.0 Å². The van der Waals surface area contributed by atoms with Gasteiger partial charge in [0.2, 0.25) is 0 Å². The van der Waals surface area contributed by atoms with E-state index in [-0.39, 0.29) is 11.9 Å². The van der Waals surface area contributed by atoms with Gasteiger partial charge in [0.05, 0.1) is 7.11 Å². The highest BCUT2D eigenvalue weighted by Crippen LogP contribution is 2.42. The van der Waals surface area contributed by atoms with Crippen LogP contribution in [0, 0.1) is 5.92 Å². The van der Waals surface area contributed by atoms with E-state index in [0.717, 1.165) is 0 Å². The summed E-state index contributed by atoms with van der Waals surface area (Å²) < 4.78 is 4.50. The highest BCUT2D eigenvalue weighted by Gasteiger charge is 2.56. The predicted octanol–water partition coefficient (Wildman–Crippen LogP) is 0.0628. The molecule has 1 rings (SSSR count). The van der Waals surface area contributed by atoms with Crippen LogP contribution < -0.4 is 5.73 Å². The molecule has 0 amide bonds. The molecule has 2 atom stereocenters. The van der Waals surface area contributed by atoms with Gasteiger partial charge in [0.1, 0.15) is 5.54 Å². The van der Waals surface area contributed by atoms with Gasteiger partial charge in [-0.15, -0.1) is 6.58 Å². The van der Waals surface area contributed by atoms with E-state index in [1.54, 1.807) is 6.08 Å². The van der Waals surface area contributed by atoms with Gasteiger partial charge in [-0.1, -0.05) is 6.08 Å². The Bertz CT molecular complexity index is 178. The van der Waals surface area contributed by atoms with Crippen LogP contribution >= 0.6 is 0 Å². The average molecular weight is 141 g/mol. The lowest BCUT2D eigenvalue weighted by molar-refractivity contribution is -0.143. The van der Waals surface area contributed by atoms with E-state index in [4.69, 9.17) is 5.73 Å². The topological polar surface area (TPSA) is 52.3 Å². The van der Waals surface area contributed by atoms with E-state index >= 15 is 0 Å². The molecule has 1 unspecified atom stereocenters. The van der Waals surface area contributed by atoms with Crippen LogP contribution in [-0.4, -0.2) is 18.6 Å². The van der Waals surface area contributed by atoms with Crippen molar-refractivity contribution in [2.75, 3.05) is 7.11 Å². The maximum atomic E-state index is 10.9. The van der Waals surface area contributed by atoms with Crippen molar-refractivity contribution in [3.8, 4) is 0 Å². The summed E-state index contributed by atoms with van der Waals surface area (Å²) in [7, 11) is 1.34.